The van der Waals surface area contributed by atoms with E-state index >= 15 is 0 Å². The number of amides is 2. The first-order valence-corrected chi connectivity index (χ1v) is 9.78. The molecule has 0 aromatic heterocycles. The van der Waals surface area contributed by atoms with Crippen LogP contribution in [-0.2, 0) is 9.59 Å². The first kappa shape index (κ1) is 19.8. The van der Waals surface area contributed by atoms with E-state index in [4.69, 9.17) is 11.6 Å². The zero-order valence-corrected chi connectivity index (χ0v) is 16.0. The minimum absolute atomic E-state index is 0.0120. The van der Waals surface area contributed by atoms with Crippen LogP contribution in [0.25, 0.3) is 0 Å². The van der Waals surface area contributed by atoms with E-state index in [1.807, 2.05) is 23.1 Å². The first-order chi connectivity index (χ1) is 12.1. The van der Waals surface area contributed by atoms with Crippen molar-refractivity contribution < 1.29 is 9.59 Å². The van der Waals surface area contributed by atoms with Crippen LogP contribution in [0, 0.1) is 11.8 Å². The number of anilines is 1. The average molecular weight is 365 g/mol. The highest BCUT2D eigenvalue weighted by Gasteiger charge is 2.32. The van der Waals surface area contributed by atoms with E-state index in [-0.39, 0.29) is 23.7 Å². The van der Waals surface area contributed by atoms with Gasteiger partial charge in [-0.25, -0.2) is 0 Å². The summed E-state index contributed by atoms with van der Waals surface area (Å²) in [4.78, 5) is 27.2. The van der Waals surface area contributed by atoms with E-state index in [9.17, 15) is 9.59 Å². The van der Waals surface area contributed by atoms with Crippen LogP contribution in [0.1, 0.15) is 52.4 Å². The van der Waals surface area contributed by atoms with Crippen LogP contribution in [0.5, 0.6) is 0 Å². The summed E-state index contributed by atoms with van der Waals surface area (Å²) < 4.78 is 0. The fourth-order valence-electron chi connectivity index (χ4n) is 3.53. The summed E-state index contributed by atoms with van der Waals surface area (Å²) in [5.74, 6) is 0.320. The molecule has 5 heteroatoms. The third-order valence-corrected chi connectivity index (χ3v) is 5.21. The third kappa shape index (κ3) is 5.46. The average Bonchev–Trinajstić information content (AvgIpc) is 2.63. The number of benzene rings is 1. The number of carbonyl (C=O) groups excluding carboxylic acids is 2. The van der Waals surface area contributed by atoms with Gasteiger partial charge in [-0.2, -0.15) is 0 Å². The maximum absolute atomic E-state index is 12.7. The number of hydrogen-bond acceptors (Lipinski definition) is 2. The fraction of sp³-hybridized carbons (Fsp3) is 0.600. The van der Waals surface area contributed by atoms with E-state index in [0.29, 0.717) is 10.7 Å². The second kappa shape index (κ2) is 9.81. The fourth-order valence-corrected chi connectivity index (χ4v) is 3.71. The highest BCUT2D eigenvalue weighted by Crippen LogP contribution is 2.31. The van der Waals surface area contributed by atoms with Crippen molar-refractivity contribution in [3.05, 3.63) is 29.3 Å². The molecule has 1 aromatic rings. The lowest BCUT2D eigenvalue weighted by Crippen LogP contribution is -2.39. The van der Waals surface area contributed by atoms with Crippen molar-refractivity contribution in [2.45, 2.75) is 52.4 Å². The van der Waals surface area contributed by atoms with Gasteiger partial charge in [-0.3, -0.25) is 9.59 Å². The molecule has 4 nitrogen and oxygen atoms in total. The summed E-state index contributed by atoms with van der Waals surface area (Å²) >= 11 is 6.10. The summed E-state index contributed by atoms with van der Waals surface area (Å²) in [6, 6.07) is 7.27. The van der Waals surface area contributed by atoms with Crippen LogP contribution in [0.2, 0.25) is 5.02 Å². The topological polar surface area (TPSA) is 49.4 Å². The highest BCUT2D eigenvalue weighted by atomic mass is 35.5. The van der Waals surface area contributed by atoms with Gasteiger partial charge in [-0.1, -0.05) is 37.6 Å². The van der Waals surface area contributed by atoms with Crippen LogP contribution in [0.15, 0.2) is 24.3 Å². The van der Waals surface area contributed by atoms with Crippen LogP contribution >= 0.6 is 11.6 Å². The standard InChI is InChI=1S/C20H29ClN2O2/c1-3-13-23(14-4-2)20(25)16-11-9-15(10-12-16)19(24)22-18-8-6-5-7-17(18)21/h5-8,15-16H,3-4,9-14H2,1-2H3,(H,22,24). The van der Waals surface area contributed by atoms with Crippen LogP contribution in [0.3, 0.4) is 0 Å². The van der Waals surface area contributed by atoms with E-state index < -0.39 is 0 Å². The smallest absolute Gasteiger partial charge is 0.227 e. The maximum Gasteiger partial charge on any atom is 0.227 e. The molecule has 1 aliphatic rings. The predicted molar refractivity (Wildman–Crippen MR) is 103 cm³/mol. The van der Waals surface area contributed by atoms with Gasteiger partial charge < -0.3 is 10.2 Å². The molecule has 0 unspecified atom stereocenters. The van der Waals surface area contributed by atoms with Gasteiger partial charge >= 0.3 is 0 Å². The Kier molecular flexibility index (Phi) is 7.76. The second-order valence-corrected chi connectivity index (χ2v) is 7.25. The largest absolute Gasteiger partial charge is 0.342 e. The zero-order chi connectivity index (χ0) is 18.2. The van der Waals surface area contributed by atoms with Gasteiger partial charge in [0.25, 0.3) is 0 Å². The van der Waals surface area contributed by atoms with Gasteiger partial charge in [0.05, 0.1) is 10.7 Å². The normalized spacial score (nSPS) is 20.1. The molecule has 0 aliphatic heterocycles. The molecule has 138 valence electrons. The molecule has 1 aliphatic carbocycles. The van der Waals surface area contributed by atoms with Gasteiger partial charge in [-0.05, 0) is 50.7 Å². The molecular formula is C20H29ClN2O2. The van der Waals surface area contributed by atoms with Gasteiger partial charge in [0.2, 0.25) is 11.8 Å². The number of para-hydroxylation sites is 1. The Balaban J connectivity index is 1.87. The molecule has 0 saturated heterocycles. The molecule has 2 amide bonds. The molecular weight excluding hydrogens is 336 g/mol. The highest BCUT2D eigenvalue weighted by molar-refractivity contribution is 6.33. The van der Waals surface area contributed by atoms with Crippen molar-refractivity contribution in [3.8, 4) is 0 Å². The molecule has 0 bridgehead atoms. The Morgan fingerprint density at radius 3 is 2.16 bits per heavy atom. The number of carbonyl (C=O) groups is 2. The van der Waals surface area contributed by atoms with Crippen molar-refractivity contribution in [2.24, 2.45) is 11.8 Å². The van der Waals surface area contributed by atoms with Crippen molar-refractivity contribution in [2.75, 3.05) is 18.4 Å². The summed E-state index contributed by atoms with van der Waals surface area (Å²) in [7, 11) is 0. The Morgan fingerprint density at radius 1 is 1.04 bits per heavy atom. The lowest BCUT2D eigenvalue weighted by molar-refractivity contribution is -0.138. The molecule has 0 spiro atoms. The monoisotopic (exact) mass is 364 g/mol. The van der Waals surface area contributed by atoms with Crippen LogP contribution in [-0.4, -0.2) is 29.8 Å². The lowest BCUT2D eigenvalue weighted by Gasteiger charge is -2.31. The van der Waals surface area contributed by atoms with Crippen molar-refractivity contribution >= 4 is 29.1 Å². The summed E-state index contributed by atoms with van der Waals surface area (Å²) in [5, 5.41) is 3.47. The van der Waals surface area contributed by atoms with Crippen molar-refractivity contribution in [3.63, 3.8) is 0 Å². The Labute approximate surface area is 155 Å². The van der Waals surface area contributed by atoms with E-state index in [1.165, 1.54) is 0 Å². The van der Waals surface area contributed by atoms with Crippen molar-refractivity contribution in [1.29, 1.82) is 0 Å². The molecule has 1 saturated carbocycles. The summed E-state index contributed by atoms with van der Waals surface area (Å²) in [6.07, 6.45) is 5.09. The quantitative estimate of drug-likeness (QED) is 0.760. The summed E-state index contributed by atoms with van der Waals surface area (Å²) in [6.45, 7) is 5.87. The molecule has 0 atom stereocenters. The van der Waals surface area contributed by atoms with Gasteiger partial charge in [0, 0.05) is 24.9 Å². The molecule has 1 aromatic carbocycles. The van der Waals surface area contributed by atoms with Gasteiger partial charge in [0.15, 0.2) is 0 Å². The predicted octanol–water partition coefficient (Wildman–Crippen LogP) is 4.73. The molecule has 1 fully saturated rings. The van der Waals surface area contributed by atoms with E-state index in [1.54, 1.807) is 6.07 Å². The van der Waals surface area contributed by atoms with Gasteiger partial charge in [0.1, 0.15) is 0 Å². The van der Waals surface area contributed by atoms with Gasteiger partial charge in [-0.15, -0.1) is 0 Å². The maximum atomic E-state index is 12.7. The number of halogens is 1. The Bertz CT molecular complexity index is 577. The van der Waals surface area contributed by atoms with E-state index in [2.05, 4.69) is 19.2 Å². The minimum atomic E-state index is -0.0360. The summed E-state index contributed by atoms with van der Waals surface area (Å²) in [5.41, 5.74) is 0.657. The second-order valence-electron chi connectivity index (χ2n) is 6.84. The lowest BCUT2D eigenvalue weighted by atomic mass is 9.80. The van der Waals surface area contributed by atoms with Crippen molar-refractivity contribution in [1.82, 2.24) is 4.90 Å². The molecule has 2 rings (SSSR count). The molecule has 0 heterocycles. The van der Waals surface area contributed by atoms with E-state index in [0.717, 1.165) is 51.6 Å². The number of nitrogens with zero attached hydrogens (tertiary/aromatic N) is 1. The molecule has 25 heavy (non-hydrogen) atoms. The Hall–Kier alpha value is -1.55. The number of hydrogen-bond donors (Lipinski definition) is 1. The Morgan fingerprint density at radius 2 is 1.60 bits per heavy atom. The first-order valence-electron chi connectivity index (χ1n) is 9.41. The minimum Gasteiger partial charge on any atom is -0.342 e. The van der Waals surface area contributed by atoms with Crippen LogP contribution in [0.4, 0.5) is 5.69 Å². The zero-order valence-electron chi connectivity index (χ0n) is 15.3. The number of nitrogens with one attached hydrogen (secondary N) is 1. The van der Waals surface area contributed by atoms with Crippen LogP contribution < -0.4 is 5.32 Å². The molecule has 0 radical (unpaired) electrons. The SMILES string of the molecule is CCCN(CCC)C(=O)C1CCC(C(=O)Nc2ccccc2Cl)CC1. The number of rotatable bonds is 7. The molecule has 1 N–H and O–H groups in total. The third-order valence-electron chi connectivity index (χ3n) is 4.88.